The summed E-state index contributed by atoms with van der Waals surface area (Å²) in [5.41, 5.74) is 0.0689. The predicted molar refractivity (Wildman–Crippen MR) is 33.5 cm³/mol. The maximum Gasteiger partial charge on any atom is 0.0715 e. The lowest BCUT2D eigenvalue weighted by molar-refractivity contribution is -0.142. The first-order chi connectivity index (χ1) is 3.54. The molecule has 1 rings (SSSR count). The number of rotatable bonds is 0. The van der Waals surface area contributed by atoms with Crippen LogP contribution in [0.5, 0.6) is 0 Å². The van der Waals surface area contributed by atoms with Crippen molar-refractivity contribution in [3.05, 3.63) is 5.92 Å². The molecular formula is C7H13O. The van der Waals surface area contributed by atoms with Crippen molar-refractivity contribution < 1.29 is 4.74 Å². The van der Waals surface area contributed by atoms with Gasteiger partial charge in [-0.1, -0.05) is 6.92 Å². The molecule has 0 spiro atoms. The van der Waals surface area contributed by atoms with Crippen molar-refractivity contribution in [1.29, 1.82) is 0 Å². The Morgan fingerprint density at radius 2 is 2.00 bits per heavy atom. The Hall–Kier alpha value is -0.0400. The van der Waals surface area contributed by atoms with Gasteiger partial charge in [-0.15, -0.1) is 0 Å². The van der Waals surface area contributed by atoms with Gasteiger partial charge in [-0.3, -0.25) is 0 Å². The highest BCUT2D eigenvalue weighted by molar-refractivity contribution is 5.14. The van der Waals surface area contributed by atoms with E-state index in [-0.39, 0.29) is 5.60 Å². The Kier molecular flexibility index (Phi) is 1.12. The second-order valence-electron chi connectivity index (χ2n) is 2.95. The second-order valence-corrected chi connectivity index (χ2v) is 2.95. The molecule has 1 saturated heterocycles. The highest BCUT2D eigenvalue weighted by Gasteiger charge is 2.43. The van der Waals surface area contributed by atoms with Gasteiger partial charge >= 0.3 is 0 Å². The quantitative estimate of drug-likeness (QED) is 0.465. The lowest BCUT2D eigenvalue weighted by atomic mass is 9.82. The summed E-state index contributed by atoms with van der Waals surface area (Å²) in [5, 5.41) is 0. The Morgan fingerprint density at radius 3 is 2.00 bits per heavy atom. The van der Waals surface area contributed by atoms with Crippen molar-refractivity contribution in [2.75, 3.05) is 0 Å². The maximum absolute atomic E-state index is 5.40. The highest BCUT2D eigenvalue weighted by Crippen LogP contribution is 2.39. The van der Waals surface area contributed by atoms with E-state index < -0.39 is 0 Å². The highest BCUT2D eigenvalue weighted by atomic mass is 16.5. The van der Waals surface area contributed by atoms with Crippen LogP contribution in [0.3, 0.4) is 0 Å². The number of hydrogen-bond acceptors (Lipinski definition) is 1. The smallest absolute Gasteiger partial charge is 0.0715 e. The minimum absolute atomic E-state index is 0.0689. The maximum atomic E-state index is 5.40. The minimum atomic E-state index is 0.0689. The van der Waals surface area contributed by atoms with E-state index in [2.05, 4.69) is 27.7 Å². The summed E-state index contributed by atoms with van der Waals surface area (Å²) < 4.78 is 5.40. The molecule has 0 amide bonds. The van der Waals surface area contributed by atoms with Gasteiger partial charge in [0.25, 0.3) is 0 Å². The zero-order chi connectivity index (χ0) is 6.36. The number of hydrogen-bond donors (Lipinski definition) is 0. The Balaban J connectivity index is 2.47. The average molecular weight is 113 g/mol. The van der Waals surface area contributed by atoms with E-state index in [1.54, 1.807) is 0 Å². The summed E-state index contributed by atoms with van der Waals surface area (Å²) in [6, 6.07) is 0. The lowest BCUT2D eigenvalue weighted by Crippen LogP contribution is -2.51. The van der Waals surface area contributed by atoms with Crippen molar-refractivity contribution in [1.82, 2.24) is 0 Å². The molecule has 0 bridgehead atoms. The van der Waals surface area contributed by atoms with E-state index in [1.807, 2.05) is 0 Å². The van der Waals surface area contributed by atoms with E-state index in [4.69, 9.17) is 4.74 Å². The van der Waals surface area contributed by atoms with Crippen LogP contribution in [0.2, 0.25) is 0 Å². The molecule has 1 heterocycles. The van der Waals surface area contributed by atoms with Gasteiger partial charge in [0, 0.05) is 5.92 Å². The lowest BCUT2D eigenvalue weighted by Gasteiger charge is -2.47. The zero-order valence-corrected chi connectivity index (χ0v) is 5.99. The third-order valence-electron chi connectivity index (χ3n) is 2.03. The van der Waals surface area contributed by atoms with Crippen molar-refractivity contribution in [3.63, 3.8) is 0 Å². The summed E-state index contributed by atoms with van der Waals surface area (Å²) in [4.78, 5) is 0. The topological polar surface area (TPSA) is 9.23 Å². The van der Waals surface area contributed by atoms with Gasteiger partial charge in [-0.05, 0) is 20.8 Å². The first kappa shape index (κ1) is 6.09. The Morgan fingerprint density at radius 1 is 1.50 bits per heavy atom. The zero-order valence-electron chi connectivity index (χ0n) is 5.99. The van der Waals surface area contributed by atoms with Crippen LogP contribution >= 0.6 is 0 Å². The molecule has 1 aliphatic rings. The SMILES string of the molecule is C[C]1C(C)OC1(C)C. The van der Waals surface area contributed by atoms with Gasteiger partial charge in [0.15, 0.2) is 0 Å². The fraction of sp³-hybridized carbons (Fsp3) is 0.857. The van der Waals surface area contributed by atoms with Crippen LogP contribution in [-0.2, 0) is 4.74 Å². The van der Waals surface area contributed by atoms with Crippen LogP contribution in [0.4, 0.5) is 0 Å². The average Bonchev–Trinajstić information content (AvgIpc) is 1.65. The summed E-state index contributed by atoms with van der Waals surface area (Å²) in [6.45, 7) is 8.43. The molecular weight excluding hydrogens is 100 g/mol. The molecule has 1 radical (unpaired) electrons. The molecule has 0 aromatic heterocycles. The molecule has 1 aliphatic heterocycles. The van der Waals surface area contributed by atoms with Crippen molar-refractivity contribution in [2.24, 2.45) is 0 Å². The monoisotopic (exact) mass is 113 g/mol. The summed E-state index contributed by atoms with van der Waals surface area (Å²) in [6.07, 6.45) is 0.394. The van der Waals surface area contributed by atoms with Gasteiger partial charge < -0.3 is 4.74 Å². The molecule has 1 unspecified atom stereocenters. The Labute approximate surface area is 51.0 Å². The van der Waals surface area contributed by atoms with E-state index >= 15 is 0 Å². The standard InChI is InChI=1S/C7H13O/c1-5-6(2)8-7(5,3)4/h6H,1-4H3. The van der Waals surface area contributed by atoms with Gasteiger partial charge in [-0.25, -0.2) is 0 Å². The molecule has 0 aliphatic carbocycles. The molecule has 1 nitrogen and oxygen atoms in total. The van der Waals surface area contributed by atoms with Crippen LogP contribution in [0.15, 0.2) is 0 Å². The number of ether oxygens (including phenoxy) is 1. The third-order valence-corrected chi connectivity index (χ3v) is 2.03. The third kappa shape index (κ3) is 0.655. The van der Waals surface area contributed by atoms with E-state index in [0.717, 1.165) is 0 Å². The second kappa shape index (κ2) is 1.47. The van der Waals surface area contributed by atoms with Crippen LogP contribution in [0.1, 0.15) is 27.7 Å². The van der Waals surface area contributed by atoms with Gasteiger partial charge in [0.05, 0.1) is 11.7 Å². The summed E-state index contributed by atoms with van der Waals surface area (Å²) >= 11 is 0. The fourth-order valence-electron chi connectivity index (χ4n) is 1.05. The first-order valence-corrected chi connectivity index (χ1v) is 3.06. The molecule has 1 atom stereocenters. The van der Waals surface area contributed by atoms with Gasteiger partial charge in [0.1, 0.15) is 0 Å². The molecule has 0 saturated carbocycles. The molecule has 0 aromatic rings. The fourth-order valence-corrected chi connectivity index (χ4v) is 1.05. The van der Waals surface area contributed by atoms with Crippen molar-refractivity contribution >= 4 is 0 Å². The minimum Gasteiger partial charge on any atom is -0.371 e. The van der Waals surface area contributed by atoms with Crippen LogP contribution in [0, 0.1) is 5.92 Å². The van der Waals surface area contributed by atoms with E-state index in [0.29, 0.717) is 6.10 Å². The van der Waals surface area contributed by atoms with Crippen LogP contribution < -0.4 is 0 Å². The Bertz CT molecular complexity index is 96.6. The van der Waals surface area contributed by atoms with Crippen LogP contribution in [-0.4, -0.2) is 11.7 Å². The molecule has 0 N–H and O–H groups in total. The molecule has 1 heteroatoms. The molecule has 8 heavy (non-hydrogen) atoms. The molecule has 0 aromatic carbocycles. The largest absolute Gasteiger partial charge is 0.371 e. The van der Waals surface area contributed by atoms with Crippen LogP contribution in [0.25, 0.3) is 0 Å². The molecule has 47 valence electrons. The molecule has 1 fully saturated rings. The van der Waals surface area contributed by atoms with Crippen molar-refractivity contribution in [3.8, 4) is 0 Å². The van der Waals surface area contributed by atoms with E-state index in [9.17, 15) is 0 Å². The normalized spacial score (nSPS) is 36.8. The predicted octanol–water partition coefficient (Wildman–Crippen LogP) is 1.78. The summed E-state index contributed by atoms with van der Waals surface area (Å²) in [7, 11) is 0. The summed E-state index contributed by atoms with van der Waals surface area (Å²) in [5.74, 6) is 1.46. The van der Waals surface area contributed by atoms with E-state index in [1.165, 1.54) is 5.92 Å². The van der Waals surface area contributed by atoms with Gasteiger partial charge in [0.2, 0.25) is 0 Å². The van der Waals surface area contributed by atoms with Crippen molar-refractivity contribution in [2.45, 2.75) is 39.4 Å². The van der Waals surface area contributed by atoms with Gasteiger partial charge in [-0.2, -0.15) is 0 Å². The first-order valence-electron chi connectivity index (χ1n) is 3.06.